The zero-order valence-corrected chi connectivity index (χ0v) is 23.8. The number of ketones is 1. The van der Waals surface area contributed by atoms with Gasteiger partial charge in [-0.1, -0.05) is 31.5 Å². The average molecular weight is 635 g/mol. The second-order valence-corrected chi connectivity index (χ2v) is 10.3. The topological polar surface area (TPSA) is 97.6 Å². The molecule has 45 heavy (non-hydrogen) atoms. The van der Waals surface area contributed by atoms with Crippen molar-refractivity contribution in [2.24, 2.45) is 5.92 Å². The Morgan fingerprint density at radius 3 is 2.27 bits per heavy atom. The molecule has 0 aliphatic carbocycles. The number of benzene rings is 3. The summed E-state index contributed by atoms with van der Waals surface area (Å²) in [6, 6.07) is 15.4. The first-order valence-electron chi connectivity index (χ1n) is 13.9. The Morgan fingerprint density at radius 1 is 0.933 bits per heavy atom. The van der Waals surface area contributed by atoms with Gasteiger partial charge in [-0.2, -0.15) is 13.2 Å². The van der Waals surface area contributed by atoms with Gasteiger partial charge in [-0.25, -0.2) is 0 Å². The second-order valence-electron chi connectivity index (χ2n) is 10.3. The standard InChI is InChI=1S/C32H28F6N2O5/c1-2-4-21(15-19-7-9-20(10-8-19)30(44)39-14-13-28(41)42)29(43)27-17-22-16-23(31(33,34)35)11-12-26(22)40(27)24-5-3-6-25(18-24)45-32(36,37)38/h3,5-12,16-18,21H,2,4,13-15H2,1H3,(H,39,44)(H,41,42). The number of carboxylic acids is 1. The van der Waals surface area contributed by atoms with Crippen LogP contribution in [0.15, 0.2) is 72.8 Å². The quantitative estimate of drug-likeness (QED) is 0.124. The van der Waals surface area contributed by atoms with E-state index in [1.165, 1.54) is 41.0 Å². The number of aromatic nitrogens is 1. The maximum absolute atomic E-state index is 14.1. The minimum Gasteiger partial charge on any atom is -0.481 e. The summed E-state index contributed by atoms with van der Waals surface area (Å²) in [5, 5.41) is 11.3. The Morgan fingerprint density at radius 2 is 1.64 bits per heavy atom. The molecular weight excluding hydrogens is 606 g/mol. The largest absolute Gasteiger partial charge is 0.573 e. The number of alkyl halides is 6. The molecular formula is C32H28F6N2O5. The molecule has 0 saturated heterocycles. The van der Waals surface area contributed by atoms with Crippen LogP contribution in [-0.4, -0.2) is 40.2 Å². The van der Waals surface area contributed by atoms with Crippen LogP contribution >= 0.6 is 0 Å². The molecule has 0 saturated carbocycles. The number of carbonyl (C=O) groups excluding carboxylic acids is 2. The monoisotopic (exact) mass is 634 g/mol. The second kappa shape index (κ2) is 13.4. The van der Waals surface area contributed by atoms with Crippen LogP contribution in [0.3, 0.4) is 0 Å². The molecule has 4 rings (SSSR count). The predicted molar refractivity (Wildman–Crippen MR) is 152 cm³/mol. The van der Waals surface area contributed by atoms with Crippen molar-refractivity contribution >= 4 is 28.6 Å². The fourth-order valence-electron chi connectivity index (χ4n) is 5.02. The highest BCUT2D eigenvalue weighted by molar-refractivity contribution is 6.02. The fourth-order valence-corrected chi connectivity index (χ4v) is 5.02. The Balaban J connectivity index is 1.71. The number of aliphatic carboxylic acids is 1. The molecule has 0 spiro atoms. The molecule has 0 aliphatic rings. The van der Waals surface area contributed by atoms with E-state index in [-0.39, 0.29) is 47.2 Å². The number of Topliss-reactive ketones (excluding diaryl/α,β-unsaturated/α-hetero) is 1. The third-order valence-electron chi connectivity index (χ3n) is 7.02. The van der Waals surface area contributed by atoms with Gasteiger partial charge in [-0.05, 0) is 66.9 Å². The summed E-state index contributed by atoms with van der Waals surface area (Å²) < 4.78 is 84.8. The summed E-state index contributed by atoms with van der Waals surface area (Å²) in [4.78, 5) is 37.1. The molecule has 1 heterocycles. The van der Waals surface area contributed by atoms with Gasteiger partial charge < -0.3 is 19.7 Å². The fraction of sp³-hybridized carbons (Fsp3) is 0.281. The van der Waals surface area contributed by atoms with Crippen molar-refractivity contribution in [1.29, 1.82) is 0 Å². The Hall–Kier alpha value is -4.81. The highest BCUT2D eigenvalue weighted by Gasteiger charge is 2.33. The summed E-state index contributed by atoms with van der Waals surface area (Å²) in [6.45, 7) is 1.81. The third kappa shape index (κ3) is 8.43. The van der Waals surface area contributed by atoms with Gasteiger partial charge >= 0.3 is 18.5 Å². The van der Waals surface area contributed by atoms with Crippen molar-refractivity contribution in [3.8, 4) is 11.4 Å². The zero-order chi connectivity index (χ0) is 32.9. The molecule has 0 radical (unpaired) electrons. The van der Waals surface area contributed by atoms with Crippen LogP contribution in [0.1, 0.15) is 58.2 Å². The molecule has 0 fully saturated rings. The number of ether oxygens (including phenoxy) is 1. The molecule has 1 aromatic heterocycles. The number of nitrogens with one attached hydrogen (secondary N) is 1. The number of rotatable bonds is 12. The molecule has 7 nitrogen and oxygen atoms in total. The van der Waals surface area contributed by atoms with Gasteiger partial charge in [-0.3, -0.25) is 14.4 Å². The van der Waals surface area contributed by atoms with Gasteiger partial charge in [0.05, 0.1) is 23.2 Å². The van der Waals surface area contributed by atoms with Gasteiger partial charge in [0, 0.05) is 35.2 Å². The van der Waals surface area contributed by atoms with E-state index in [2.05, 4.69) is 10.1 Å². The van der Waals surface area contributed by atoms with Crippen LogP contribution in [0, 0.1) is 5.92 Å². The van der Waals surface area contributed by atoms with Gasteiger partial charge in [0.1, 0.15) is 5.75 Å². The van der Waals surface area contributed by atoms with E-state index >= 15 is 0 Å². The molecule has 4 aromatic rings. The number of fused-ring (bicyclic) bond motifs is 1. The van der Waals surface area contributed by atoms with Crippen LogP contribution in [0.25, 0.3) is 16.6 Å². The number of hydrogen-bond acceptors (Lipinski definition) is 4. The van der Waals surface area contributed by atoms with E-state index in [1.54, 1.807) is 12.1 Å². The van der Waals surface area contributed by atoms with Crippen molar-refractivity contribution in [3.63, 3.8) is 0 Å². The van der Waals surface area contributed by atoms with Crippen molar-refractivity contribution in [2.45, 2.75) is 45.1 Å². The molecule has 0 bridgehead atoms. The number of amides is 1. The highest BCUT2D eigenvalue weighted by atomic mass is 19.4. The first kappa shape index (κ1) is 33.1. The molecule has 3 aromatic carbocycles. The minimum absolute atomic E-state index is 0.0126. The number of carbonyl (C=O) groups is 3. The lowest BCUT2D eigenvalue weighted by atomic mass is 9.89. The Labute approximate surface area is 253 Å². The average Bonchev–Trinajstić information content (AvgIpc) is 3.34. The van der Waals surface area contributed by atoms with Crippen molar-refractivity contribution in [1.82, 2.24) is 9.88 Å². The first-order valence-corrected chi connectivity index (χ1v) is 13.9. The molecule has 238 valence electrons. The smallest absolute Gasteiger partial charge is 0.481 e. The maximum atomic E-state index is 14.1. The summed E-state index contributed by atoms with van der Waals surface area (Å²) in [5.74, 6) is -3.18. The maximum Gasteiger partial charge on any atom is 0.573 e. The SMILES string of the molecule is CCCC(Cc1ccc(C(=O)NCCC(=O)O)cc1)C(=O)c1cc2cc(C(F)(F)F)ccc2n1-c1cccc(OC(F)(F)F)c1. The molecule has 0 aliphatic heterocycles. The normalized spacial score (nSPS) is 12.6. The summed E-state index contributed by atoms with van der Waals surface area (Å²) in [5.41, 5.74) is 0.279. The van der Waals surface area contributed by atoms with E-state index in [4.69, 9.17) is 5.11 Å². The molecule has 2 N–H and O–H groups in total. The van der Waals surface area contributed by atoms with Crippen LogP contribution in [0.4, 0.5) is 26.3 Å². The minimum atomic E-state index is -4.99. The first-order chi connectivity index (χ1) is 21.2. The Bertz CT molecular complexity index is 1690. The van der Waals surface area contributed by atoms with Crippen LogP contribution < -0.4 is 10.1 Å². The predicted octanol–water partition coefficient (Wildman–Crippen LogP) is 7.59. The van der Waals surface area contributed by atoms with Crippen LogP contribution in [0.2, 0.25) is 0 Å². The van der Waals surface area contributed by atoms with E-state index < -0.39 is 47.4 Å². The van der Waals surface area contributed by atoms with Gasteiger partial charge in [0.15, 0.2) is 5.78 Å². The van der Waals surface area contributed by atoms with E-state index in [9.17, 15) is 40.7 Å². The summed E-state index contributed by atoms with van der Waals surface area (Å²) >= 11 is 0. The van der Waals surface area contributed by atoms with Gasteiger partial charge in [0.25, 0.3) is 5.91 Å². The van der Waals surface area contributed by atoms with E-state index in [0.717, 1.165) is 24.3 Å². The highest BCUT2D eigenvalue weighted by Crippen LogP contribution is 2.35. The van der Waals surface area contributed by atoms with E-state index in [1.807, 2.05) is 6.92 Å². The number of nitrogens with zero attached hydrogens (tertiary/aromatic N) is 1. The molecule has 1 atom stereocenters. The van der Waals surface area contributed by atoms with Crippen LogP contribution in [0.5, 0.6) is 5.75 Å². The molecule has 1 amide bonds. The third-order valence-corrected chi connectivity index (χ3v) is 7.02. The summed E-state index contributed by atoms with van der Waals surface area (Å²) in [7, 11) is 0. The van der Waals surface area contributed by atoms with Gasteiger partial charge in [-0.15, -0.1) is 13.2 Å². The van der Waals surface area contributed by atoms with E-state index in [0.29, 0.717) is 18.4 Å². The lowest BCUT2D eigenvalue weighted by molar-refractivity contribution is -0.274. The number of hydrogen-bond donors (Lipinski definition) is 2. The Kier molecular flexibility index (Phi) is 9.89. The molecule has 1 unspecified atom stereocenters. The molecule has 13 heteroatoms. The van der Waals surface area contributed by atoms with Gasteiger partial charge in [0.2, 0.25) is 0 Å². The number of halogens is 6. The van der Waals surface area contributed by atoms with Crippen molar-refractivity contribution in [2.75, 3.05) is 6.54 Å². The van der Waals surface area contributed by atoms with Crippen molar-refractivity contribution < 1.29 is 50.6 Å². The number of carboxylic acid groups (broad SMARTS) is 1. The van der Waals surface area contributed by atoms with Crippen molar-refractivity contribution in [3.05, 3.63) is 95.2 Å². The zero-order valence-electron chi connectivity index (χ0n) is 23.8. The lowest BCUT2D eigenvalue weighted by Gasteiger charge is -2.18. The lowest BCUT2D eigenvalue weighted by Crippen LogP contribution is -2.26. The van der Waals surface area contributed by atoms with Crippen LogP contribution in [-0.2, 0) is 17.4 Å². The summed E-state index contributed by atoms with van der Waals surface area (Å²) in [6.07, 6.45) is -8.71.